The number of carbonyl (C=O) groups excluding carboxylic acids is 2. The van der Waals surface area contributed by atoms with Gasteiger partial charge in [0.2, 0.25) is 10.0 Å². The highest BCUT2D eigenvalue weighted by atomic mass is 35.5. The fourth-order valence-corrected chi connectivity index (χ4v) is 3.35. The van der Waals surface area contributed by atoms with E-state index in [0.29, 0.717) is 5.92 Å². The van der Waals surface area contributed by atoms with Gasteiger partial charge in [0.05, 0.1) is 10.6 Å². The third-order valence-electron chi connectivity index (χ3n) is 3.63. The van der Waals surface area contributed by atoms with Crippen molar-refractivity contribution < 1.29 is 22.7 Å². The smallest absolute Gasteiger partial charge is 0.338 e. The average molecular weight is 405 g/mol. The summed E-state index contributed by atoms with van der Waals surface area (Å²) < 4.78 is 27.8. The van der Waals surface area contributed by atoms with Crippen LogP contribution in [0.25, 0.3) is 0 Å². The summed E-state index contributed by atoms with van der Waals surface area (Å²) >= 11 is 5.76. The summed E-state index contributed by atoms with van der Waals surface area (Å²) in [5.74, 6) is -0.648. The molecule has 0 heterocycles. The number of benzene rings is 1. The zero-order valence-corrected chi connectivity index (χ0v) is 16.7. The van der Waals surface area contributed by atoms with Crippen molar-refractivity contribution >= 4 is 33.5 Å². The number of hydrogen-bond acceptors (Lipinski definition) is 5. The average Bonchev–Trinajstić information content (AvgIpc) is 2.51. The van der Waals surface area contributed by atoms with Crippen molar-refractivity contribution in [2.75, 3.05) is 6.61 Å². The van der Waals surface area contributed by atoms with Gasteiger partial charge in [-0.3, -0.25) is 4.79 Å². The summed E-state index contributed by atoms with van der Waals surface area (Å²) in [6, 6.07) is 3.52. The van der Waals surface area contributed by atoms with Crippen LogP contribution in [0.2, 0.25) is 5.02 Å². The predicted octanol–water partition coefficient (Wildman–Crippen LogP) is 2.48. The first-order valence-electron chi connectivity index (χ1n) is 8.29. The maximum Gasteiger partial charge on any atom is 0.338 e. The molecule has 0 aromatic heterocycles. The van der Waals surface area contributed by atoms with Gasteiger partial charge in [-0.2, -0.15) is 0 Å². The highest BCUT2D eigenvalue weighted by Gasteiger charge is 2.18. The van der Waals surface area contributed by atoms with E-state index in [9.17, 15) is 18.0 Å². The van der Waals surface area contributed by atoms with Crippen LogP contribution in [-0.2, 0) is 19.6 Å². The van der Waals surface area contributed by atoms with E-state index in [1.807, 2.05) is 6.92 Å². The lowest BCUT2D eigenvalue weighted by Crippen LogP contribution is -2.35. The highest BCUT2D eigenvalue weighted by molar-refractivity contribution is 7.89. The molecule has 9 heteroatoms. The molecule has 1 amide bonds. The Balaban J connectivity index is 2.55. The Hall–Kier alpha value is -1.64. The first-order chi connectivity index (χ1) is 12.0. The highest BCUT2D eigenvalue weighted by Crippen LogP contribution is 2.21. The molecule has 146 valence electrons. The Kier molecular flexibility index (Phi) is 8.52. The van der Waals surface area contributed by atoms with E-state index < -0.39 is 28.5 Å². The molecule has 0 saturated carbocycles. The van der Waals surface area contributed by atoms with Gasteiger partial charge in [-0.15, -0.1) is 0 Å². The summed E-state index contributed by atoms with van der Waals surface area (Å²) in [6.07, 6.45) is 2.92. The quantitative estimate of drug-likeness (QED) is 0.613. The van der Waals surface area contributed by atoms with Crippen LogP contribution >= 0.6 is 11.6 Å². The number of nitrogens with one attached hydrogen (secondary N) is 1. The van der Waals surface area contributed by atoms with Gasteiger partial charge in [-0.1, -0.05) is 38.3 Å². The Morgan fingerprint density at radius 3 is 2.46 bits per heavy atom. The van der Waals surface area contributed by atoms with Gasteiger partial charge >= 0.3 is 5.97 Å². The number of hydrogen-bond donors (Lipinski definition) is 2. The SMILES string of the molecule is CC(C)CCCC(C)NC(=O)COC(=O)c1ccc(Cl)c(S(N)(=O)=O)c1. The van der Waals surface area contributed by atoms with Crippen LogP contribution in [-0.4, -0.2) is 32.9 Å². The van der Waals surface area contributed by atoms with Crippen molar-refractivity contribution in [3.8, 4) is 0 Å². The number of sulfonamides is 1. The summed E-state index contributed by atoms with van der Waals surface area (Å²) in [5, 5.41) is 7.69. The van der Waals surface area contributed by atoms with Crippen LogP contribution in [0.1, 0.15) is 50.4 Å². The van der Waals surface area contributed by atoms with Crippen molar-refractivity contribution in [1.29, 1.82) is 0 Å². The molecule has 1 unspecified atom stereocenters. The molecule has 0 fully saturated rings. The molecule has 1 aromatic carbocycles. The third kappa shape index (κ3) is 7.72. The van der Waals surface area contributed by atoms with E-state index in [-0.39, 0.29) is 21.5 Å². The molecule has 0 aliphatic heterocycles. The number of carbonyl (C=O) groups is 2. The van der Waals surface area contributed by atoms with Gasteiger partial charge in [-0.05, 0) is 37.5 Å². The maximum absolute atomic E-state index is 12.0. The van der Waals surface area contributed by atoms with E-state index in [1.165, 1.54) is 12.1 Å². The van der Waals surface area contributed by atoms with Gasteiger partial charge in [0.1, 0.15) is 4.90 Å². The number of primary sulfonamides is 1. The minimum atomic E-state index is -4.07. The van der Waals surface area contributed by atoms with Crippen LogP contribution in [0, 0.1) is 5.92 Å². The van der Waals surface area contributed by atoms with Crippen molar-refractivity contribution in [2.45, 2.75) is 51.0 Å². The second kappa shape index (κ2) is 9.89. The zero-order chi connectivity index (χ0) is 19.9. The first kappa shape index (κ1) is 22.4. The summed E-state index contributed by atoms with van der Waals surface area (Å²) in [5.41, 5.74) is -0.0591. The van der Waals surface area contributed by atoms with E-state index in [2.05, 4.69) is 19.2 Å². The van der Waals surface area contributed by atoms with Gasteiger partial charge in [0, 0.05) is 6.04 Å². The Bertz CT molecular complexity index is 750. The van der Waals surface area contributed by atoms with E-state index in [0.717, 1.165) is 25.3 Å². The molecular formula is C17H25ClN2O5S. The topological polar surface area (TPSA) is 116 Å². The number of amides is 1. The Labute approximate surface area is 159 Å². The number of nitrogens with two attached hydrogens (primary N) is 1. The monoisotopic (exact) mass is 404 g/mol. The molecule has 0 aliphatic rings. The van der Waals surface area contributed by atoms with Crippen LogP contribution in [0.4, 0.5) is 0 Å². The molecule has 3 N–H and O–H groups in total. The lowest BCUT2D eigenvalue weighted by molar-refractivity contribution is -0.124. The molecule has 26 heavy (non-hydrogen) atoms. The molecule has 0 aliphatic carbocycles. The van der Waals surface area contributed by atoms with E-state index in [4.69, 9.17) is 21.5 Å². The van der Waals surface area contributed by atoms with Gasteiger partial charge in [-0.25, -0.2) is 18.4 Å². The molecule has 1 aromatic rings. The molecule has 0 spiro atoms. The van der Waals surface area contributed by atoms with Crippen LogP contribution < -0.4 is 10.5 Å². The van der Waals surface area contributed by atoms with Crippen molar-refractivity contribution in [2.24, 2.45) is 11.1 Å². The molecule has 1 rings (SSSR count). The van der Waals surface area contributed by atoms with Gasteiger partial charge in [0.15, 0.2) is 6.61 Å². The van der Waals surface area contributed by atoms with Gasteiger partial charge < -0.3 is 10.1 Å². The summed E-state index contributed by atoms with van der Waals surface area (Å²) in [6.45, 7) is 5.71. The third-order valence-corrected chi connectivity index (χ3v) is 5.03. The van der Waals surface area contributed by atoms with Crippen molar-refractivity contribution in [1.82, 2.24) is 5.32 Å². The van der Waals surface area contributed by atoms with Crippen molar-refractivity contribution in [3.05, 3.63) is 28.8 Å². The standard InChI is InChI=1S/C17H25ClN2O5S/c1-11(2)5-4-6-12(3)20-16(21)10-25-17(22)13-7-8-14(18)15(9-13)26(19,23)24/h7-9,11-12H,4-6,10H2,1-3H3,(H,20,21)(H2,19,23,24). The number of ether oxygens (including phenoxy) is 1. The fourth-order valence-electron chi connectivity index (χ4n) is 2.28. The predicted molar refractivity (Wildman–Crippen MR) is 99.4 cm³/mol. The molecule has 7 nitrogen and oxygen atoms in total. The lowest BCUT2D eigenvalue weighted by Gasteiger charge is -2.14. The zero-order valence-electron chi connectivity index (χ0n) is 15.1. The van der Waals surface area contributed by atoms with Gasteiger partial charge in [0.25, 0.3) is 5.91 Å². The minimum Gasteiger partial charge on any atom is -0.452 e. The van der Waals surface area contributed by atoms with Crippen LogP contribution in [0.5, 0.6) is 0 Å². The van der Waals surface area contributed by atoms with Crippen molar-refractivity contribution in [3.63, 3.8) is 0 Å². The van der Waals surface area contributed by atoms with Crippen LogP contribution in [0.15, 0.2) is 23.1 Å². The van der Waals surface area contributed by atoms with E-state index in [1.54, 1.807) is 0 Å². The van der Waals surface area contributed by atoms with E-state index >= 15 is 0 Å². The first-order valence-corrected chi connectivity index (χ1v) is 10.2. The second-order valence-corrected chi connectivity index (χ2v) is 8.50. The summed E-state index contributed by atoms with van der Waals surface area (Å²) in [4.78, 5) is 23.5. The largest absolute Gasteiger partial charge is 0.452 e. The molecular weight excluding hydrogens is 380 g/mol. The fraction of sp³-hybridized carbons (Fsp3) is 0.529. The number of rotatable bonds is 9. The molecule has 0 bridgehead atoms. The second-order valence-electron chi connectivity index (χ2n) is 6.56. The maximum atomic E-state index is 12.0. The molecule has 0 saturated heterocycles. The summed E-state index contributed by atoms with van der Waals surface area (Å²) in [7, 11) is -4.07. The number of esters is 1. The molecule has 1 atom stereocenters. The lowest BCUT2D eigenvalue weighted by atomic mass is 10.0. The Morgan fingerprint density at radius 2 is 1.88 bits per heavy atom. The van der Waals surface area contributed by atoms with Crippen LogP contribution in [0.3, 0.4) is 0 Å². The minimum absolute atomic E-state index is 0.0236. The normalized spacial score (nSPS) is 12.7. The number of halogens is 1. The Morgan fingerprint density at radius 1 is 1.23 bits per heavy atom. The molecule has 0 radical (unpaired) electrons.